The van der Waals surface area contributed by atoms with Crippen molar-refractivity contribution in [2.24, 2.45) is 0 Å². The van der Waals surface area contributed by atoms with Crippen LogP contribution in [0.15, 0.2) is 42.6 Å². The van der Waals surface area contributed by atoms with Crippen molar-refractivity contribution in [1.29, 1.82) is 0 Å². The van der Waals surface area contributed by atoms with Gasteiger partial charge in [-0.25, -0.2) is 9.37 Å². The van der Waals surface area contributed by atoms with Gasteiger partial charge in [-0.05, 0) is 48.2 Å². The standard InChI is InChI=1S/C19H22FN3O/c1-21-18-12-15(8-9-22-18)16-3-2-10-23(13-16)19(24)11-14-4-6-17(20)7-5-14/h4-9,12,16H,2-3,10-11,13H2,1H3,(H,21,22)/t16-/m1/s1. The van der Waals surface area contributed by atoms with Gasteiger partial charge in [0.2, 0.25) is 5.91 Å². The highest BCUT2D eigenvalue weighted by atomic mass is 19.1. The monoisotopic (exact) mass is 327 g/mol. The van der Waals surface area contributed by atoms with Crippen LogP contribution in [0.2, 0.25) is 0 Å². The van der Waals surface area contributed by atoms with E-state index in [-0.39, 0.29) is 11.7 Å². The molecule has 0 bridgehead atoms. The molecule has 4 nitrogen and oxygen atoms in total. The number of anilines is 1. The van der Waals surface area contributed by atoms with Gasteiger partial charge in [0.25, 0.3) is 0 Å². The molecule has 1 amide bonds. The average molecular weight is 327 g/mol. The van der Waals surface area contributed by atoms with Crippen molar-refractivity contribution in [1.82, 2.24) is 9.88 Å². The molecule has 1 aliphatic rings. The second-order valence-corrected chi connectivity index (χ2v) is 6.21. The summed E-state index contributed by atoms with van der Waals surface area (Å²) in [7, 11) is 1.85. The van der Waals surface area contributed by atoms with Crippen LogP contribution < -0.4 is 5.32 Å². The third-order valence-electron chi connectivity index (χ3n) is 4.55. The molecule has 1 aromatic carbocycles. The molecule has 1 aromatic heterocycles. The maximum Gasteiger partial charge on any atom is 0.227 e. The predicted molar refractivity (Wildman–Crippen MR) is 92.4 cm³/mol. The lowest BCUT2D eigenvalue weighted by Crippen LogP contribution is -2.40. The van der Waals surface area contributed by atoms with Gasteiger partial charge in [0.15, 0.2) is 0 Å². The molecule has 0 unspecified atom stereocenters. The summed E-state index contributed by atoms with van der Waals surface area (Å²) in [6.45, 7) is 1.52. The van der Waals surface area contributed by atoms with E-state index in [0.717, 1.165) is 37.3 Å². The summed E-state index contributed by atoms with van der Waals surface area (Å²) in [5, 5.41) is 3.06. The molecule has 24 heavy (non-hydrogen) atoms. The highest BCUT2D eigenvalue weighted by molar-refractivity contribution is 5.79. The fraction of sp³-hybridized carbons (Fsp3) is 0.368. The number of carbonyl (C=O) groups is 1. The predicted octanol–water partition coefficient (Wildman–Crippen LogP) is 3.21. The summed E-state index contributed by atoms with van der Waals surface area (Å²) in [5.74, 6) is 1.02. The summed E-state index contributed by atoms with van der Waals surface area (Å²) in [6.07, 6.45) is 4.20. The molecule has 5 heteroatoms. The quantitative estimate of drug-likeness (QED) is 0.938. The zero-order chi connectivity index (χ0) is 16.9. The Morgan fingerprint density at radius 2 is 2.12 bits per heavy atom. The second-order valence-electron chi connectivity index (χ2n) is 6.21. The minimum Gasteiger partial charge on any atom is -0.373 e. The number of carbonyl (C=O) groups excluding carboxylic acids is 1. The number of piperidine rings is 1. The molecular formula is C19H22FN3O. The smallest absolute Gasteiger partial charge is 0.227 e. The van der Waals surface area contributed by atoms with Crippen LogP contribution in [0.25, 0.3) is 0 Å². The lowest BCUT2D eigenvalue weighted by atomic mass is 9.91. The third kappa shape index (κ3) is 3.91. The Labute approximate surface area is 141 Å². The first kappa shape index (κ1) is 16.4. The molecule has 0 aliphatic carbocycles. The summed E-state index contributed by atoms with van der Waals surface area (Å²) >= 11 is 0. The Balaban J connectivity index is 1.66. The number of hydrogen-bond donors (Lipinski definition) is 1. The maximum atomic E-state index is 13.0. The van der Waals surface area contributed by atoms with Gasteiger partial charge < -0.3 is 10.2 Å². The van der Waals surface area contributed by atoms with E-state index in [1.807, 2.05) is 18.0 Å². The van der Waals surface area contributed by atoms with Gasteiger partial charge >= 0.3 is 0 Å². The highest BCUT2D eigenvalue weighted by Crippen LogP contribution is 2.28. The third-order valence-corrected chi connectivity index (χ3v) is 4.55. The van der Waals surface area contributed by atoms with E-state index in [0.29, 0.717) is 12.3 Å². The first-order valence-electron chi connectivity index (χ1n) is 8.31. The molecular weight excluding hydrogens is 305 g/mol. The van der Waals surface area contributed by atoms with Crippen molar-refractivity contribution >= 4 is 11.7 Å². The fourth-order valence-electron chi connectivity index (χ4n) is 3.20. The van der Waals surface area contributed by atoms with E-state index < -0.39 is 0 Å². The Morgan fingerprint density at radius 3 is 2.88 bits per heavy atom. The number of benzene rings is 1. The molecule has 1 atom stereocenters. The number of rotatable bonds is 4. The molecule has 2 heterocycles. The lowest BCUT2D eigenvalue weighted by Gasteiger charge is -2.33. The van der Waals surface area contributed by atoms with Crippen molar-refractivity contribution in [3.63, 3.8) is 0 Å². The van der Waals surface area contributed by atoms with Crippen molar-refractivity contribution in [2.45, 2.75) is 25.2 Å². The van der Waals surface area contributed by atoms with Crippen molar-refractivity contribution in [2.75, 3.05) is 25.5 Å². The lowest BCUT2D eigenvalue weighted by molar-refractivity contribution is -0.131. The number of likely N-dealkylation sites (tertiary alicyclic amines) is 1. The minimum atomic E-state index is -0.276. The van der Waals surface area contributed by atoms with E-state index in [4.69, 9.17) is 0 Å². The molecule has 0 spiro atoms. The van der Waals surface area contributed by atoms with Crippen molar-refractivity contribution in [3.05, 3.63) is 59.5 Å². The van der Waals surface area contributed by atoms with Gasteiger partial charge in [-0.1, -0.05) is 12.1 Å². The van der Waals surface area contributed by atoms with E-state index in [2.05, 4.69) is 16.4 Å². The van der Waals surface area contributed by atoms with Crippen molar-refractivity contribution < 1.29 is 9.18 Å². The normalized spacial score (nSPS) is 17.6. The molecule has 0 saturated carbocycles. The summed E-state index contributed by atoms with van der Waals surface area (Å²) < 4.78 is 13.0. The van der Waals surface area contributed by atoms with Crippen LogP contribution in [0.4, 0.5) is 10.2 Å². The van der Waals surface area contributed by atoms with Crippen LogP contribution in [0.3, 0.4) is 0 Å². The van der Waals surface area contributed by atoms with Crippen molar-refractivity contribution in [3.8, 4) is 0 Å². The minimum absolute atomic E-state index is 0.106. The summed E-state index contributed by atoms with van der Waals surface area (Å²) in [4.78, 5) is 18.7. The maximum absolute atomic E-state index is 13.0. The molecule has 1 N–H and O–H groups in total. The molecule has 126 valence electrons. The van der Waals surface area contributed by atoms with Gasteiger partial charge in [-0.15, -0.1) is 0 Å². The SMILES string of the molecule is CNc1cc([C@@H]2CCCN(C(=O)Cc3ccc(F)cc3)C2)ccn1. The van der Waals surface area contributed by atoms with E-state index in [9.17, 15) is 9.18 Å². The van der Waals surface area contributed by atoms with E-state index >= 15 is 0 Å². The van der Waals surface area contributed by atoms with Crippen LogP contribution in [0.5, 0.6) is 0 Å². The number of halogens is 1. The first-order valence-corrected chi connectivity index (χ1v) is 8.31. The highest BCUT2D eigenvalue weighted by Gasteiger charge is 2.25. The van der Waals surface area contributed by atoms with Crippen LogP contribution >= 0.6 is 0 Å². The van der Waals surface area contributed by atoms with E-state index in [1.165, 1.54) is 17.7 Å². The molecule has 2 aromatic rings. The largest absolute Gasteiger partial charge is 0.373 e. The van der Waals surface area contributed by atoms with Gasteiger partial charge in [0.05, 0.1) is 6.42 Å². The number of hydrogen-bond acceptors (Lipinski definition) is 3. The van der Waals surface area contributed by atoms with Crippen LogP contribution in [0.1, 0.15) is 29.9 Å². The van der Waals surface area contributed by atoms with E-state index in [1.54, 1.807) is 18.3 Å². The number of pyridine rings is 1. The number of amides is 1. The molecule has 1 saturated heterocycles. The summed E-state index contributed by atoms with van der Waals surface area (Å²) in [6, 6.07) is 10.2. The zero-order valence-electron chi connectivity index (χ0n) is 13.8. The Bertz CT molecular complexity index is 702. The molecule has 3 rings (SSSR count). The molecule has 1 aliphatic heterocycles. The fourth-order valence-corrected chi connectivity index (χ4v) is 3.20. The topological polar surface area (TPSA) is 45.2 Å². The summed E-state index contributed by atoms with van der Waals surface area (Å²) in [5.41, 5.74) is 2.07. The number of nitrogens with one attached hydrogen (secondary N) is 1. The second kappa shape index (κ2) is 7.43. The average Bonchev–Trinajstić information content (AvgIpc) is 2.64. The van der Waals surface area contributed by atoms with Crippen LogP contribution in [-0.4, -0.2) is 35.9 Å². The molecule has 0 radical (unpaired) electrons. The van der Waals surface area contributed by atoms with Crippen LogP contribution in [-0.2, 0) is 11.2 Å². The molecule has 1 fully saturated rings. The van der Waals surface area contributed by atoms with Gasteiger partial charge in [-0.3, -0.25) is 4.79 Å². The Kier molecular flexibility index (Phi) is 5.08. The van der Waals surface area contributed by atoms with Gasteiger partial charge in [-0.2, -0.15) is 0 Å². The Morgan fingerprint density at radius 1 is 1.33 bits per heavy atom. The number of nitrogens with zero attached hydrogens (tertiary/aromatic N) is 2. The van der Waals surface area contributed by atoms with Crippen LogP contribution in [0, 0.1) is 5.82 Å². The Hall–Kier alpha value is -2.43. The number of aromatic nitrogens is 1. The van der Waals surface area contributed by atoms with Gasteiger partial charge in [0, 0.05) is 32.3 Å². The zero-order valence-corrected chi connectivity index (χ0v) is 13.8. The first-order chi connectivity index (χ1) is 11.7. The van der Waals surface area contributed by atoms with Gasteiger partial charge in [0.1, 0.15) is 11.6 Å².